The van der Waals surface area contributed by atoms with E-state index in [1.165, 1.54) is 12.1 Å². The molecule has 1 aromatic carbocycles. The number of carbonyl (C=O) groups is 1. The minimum absolute atomic E-state index is 0.0622. The summed E-state index contributed by atoms with van der Waals surface area (Å²) in [5.74, 6) is 0.561. The third-order valence-corrected chi connectivity index (χ3v) is 7.40. The molecule has 1 aliphatic rings. The van der Waals surface area contributed by atoms with Gasteiger partial charge in [0.25, 0.3) is 0 Å². The summed E-state index contributed by atoms with van der Waals surface area (Å²) in [6.45, 7) is 15.6. The van der Waals surface area contributed by atoms with Crippen LogP contribution in [-0.2, 0) is 10.2 Å². The van der Waals surface area contributed by atoms with Crippen LogP contribution in [0.3, 0.4) is 0 Å². The third-order valence-electron chi connectivity index (χ3n) is 7.40. The lowest BCUT2D eigenvalue weighted by Gasteiger charge is -2.41. The fourth-order valence-electron chi connectivity index (χ4n) is 4.63. The Hall–Kier alpha value is -2.43. The molecular weight excluding hydrogens is 405 g/mol. The summed E-state index contributed by atoms with van der Waals surface area (Å²) in [5, 5.41) is 0. The quantitative estimate of drug-likeness (QED) is 0.443. The first-order valence-electron chi connectivity index (χ1n) is 11.6. The third kappa shape index (κ3) is 4.53. The lowest BCUT2D eigenvalue weighted by Crippen LogP contribution is -2.39. The second-order valence-corrected chi connectivity index (χ2v) is 10.2. The SMILES string of the molecule is CCOC(=O)c1ccc(-c2cc(F)cc(OCC(C)C)c2)nc1C1(C)CCC(C)C1(C)C. The number of ether oxygens (including phenoxy) is 2. The Morgan fingerprint density at radius 1 is 1.22 bits per heavy atom. The lowest BCUT2D eigenvalue weighted by atomic mass is 9.63. The fraction of sp³-hybridized carbons (Fsp3) is 0.556. The largest absolute Gasteiger partial charge is 0.493 e. The van der Waals surface area contributed by atoms with Crippen LogP contribution in [0.25, 0.3) is 11.3 Å². The van der Waals surface area contributed by atoms with Crippen molar-refractivity contribution in [2.45, 2.75) is 66.7 Å². The van der Waals surface area contributed by atoms with Crippen molar-refractivity contribution in [2.24, 2.45) is 17.3 Å². The fourth-order valence-corrected chi connectivity index (χ4v) is 4.63. The van der Waals surface area contributed by atoms with Gasteiger partial charge in [-0.25, -0.2) is 9.18 Å². The standard InChI is InChI=1S/C27H36FNO3/c1-8-31-25(30)22-9-10-23(19-13-20(28)15-21(14-19)32-16-17(2)3)29-24(22)27(7)12-11-18(4)26(27,5)6/h9-10,13-15,17-18H,8,11-12,16H2,1-7H3. The highest BCUT2D eigenvalue weighted by Crippen LogP contribution is 2.57. The van der Waals surface area contributed by atoms with Gasteiger partial charge in [-0.2, -0.15) is 0 Å². The Morgan fingerprint density at radius 3 is 2.53 bits per heavy atom. The molecule has 2 unspecified atom stereocenters. The molecule has 1 fully saturated rings. The molecule has 3 rings (SSSR count). The summed E-state index contributed by atoms with van der Waals surface area (Å²) in [7, 11) is 0. The summed E-state index contributed by atoms with van der Waals surface area (Å²) < 4.78 is 25.5. The lowest BCUT2D eigenvalue weighted by molar-refractivity contribution is 0.0518. The van der Waals surface area contributed by atoms with Crippen LogP contribution in [0.2, 0.25) is 0 Å². The van der Waals surface area contributed by atoms with Crippen molar-refractivity contribution in [3.05, 3.63) is 47.4 Å². The molecule has 0 bridgehead atoms. The molecule has 0 saturated heterocycles. The highest BCUT2D eigenvalue weighted by atomic mass is 19.1. The molecule has 32 heavy (non-hydrogen) atoms. The average molecular weight is 442 g/mol. The number of esters is 1. The zero-order valence-electron chi connectivity index (χ0n) is 20.4. The first-order valence-corrected chi connectivity index (χ1v) is 11.6. The van der Waals surface area contributed by atoms with Crippen molar-refractivity contribution in [3.8, 4) is 17.0 Å². The van der Waals surface area contributed by atoms with Gasteiger partial charge >= 0.3 is 5.97 Å². The second-order valence-electron chi connectivity index (χ2n) is 10.2. The van der Waals surface area contributed by atoms with Crippen LogP contribution in [0.5, 0.6) is 5.75 Å². The van der Waals surface area contributed by atoms with Crippen LogP contribution in [0, 0.1) is 23.1 Å². The Kier molecular flexibility index (Phi) is 6.97. The Balaban J connectivity index is 2.13. The van der Waals surface area contributed by atoms with Gasteiger partial charge in [0.05, 0.1) is 30.2 Å². The molecule has 1 saturated carbocycles. The van der Waals surface area contributed by atoms with Gasteiger partial charge < -0.3 is 9.47 Å². The smallest absolute Gasteiger partial charge is 0.340 e. The highest BCUT2D eigenvalue weighted by molar-refractivity contribution is 5.91. The van der Waals surface area contributed by atoms with Crippen LogP contribution < -0.4 is 4.74 Å². The van der Waals surface area contributed by atoms with Gasteiger partial charge in [-0.05, 0) is 61.3 Å². The van der Waals surface area contributed by atoms with Crippen molar-refractivity contribution in [2.75, 3.05) is 13.2 Å². The Morgan fingerprint density at radius 2 is 1.94 bits per heavy atom. The Labute approximate surface area is 191 Å². The van der Waals surface area contributed by atoms with Gasteiger partial charge in [0.1, 0.15) is 11.6 Å². The number of benzene rings is 1. The number of nitrogens with zero attached hydrogens (tertiary/aromatic N) is 1. The topological polar surface area (TPSA) is 48.4 Å². The minimum Gasteiger partial charge on any atom is -0.493 e. The molecule has 5 heteroatoms. The monoisotopic (exact) mass is 441 g/mol. The maximum absolute atomic E-state index is 14.4. The van der Waals surface area contributed by atoms with E-state index < -0.39 is 0 Å². The van der Waals surface area contributed by atoms with Crippen LogP contribution in [0.1, 0.15) is 77.4 Å². The van der Waals surface area contributed by atoms with E-state index in [0.717, 1.165) is 18.5 Å². The normalized spacial score (nSPS) is 22.2. The van der Waals surface area contributed by atoms with Crippen molar-refractivity contribution in [1.82, 2.24) is 4.98 Å². The van der Waals surface area contributed by atoms with E-state index >= 15 is 0 Å². The van der Waals surface area contributed by atoms with Crippen molar-refractivity contribution < 1.29 is 18.7 Å². The number of halogens is 1. The van der Waals surface area contributed by atoms with E-state index in [0.29, 0.717) is 47.6 Å². The molecule has 1 heterocycles. The number of carbonyl (C=O) groups excluding carboxylic acids is 1. The molecule has 4 nitrogen and oxygen atoms in total. The molecule has 0 radical (unpaired) electrons. The van der Waals surface area contributed by atoms with E-state index in [2.05, 4.69) is 27.7 Å². The average Bonchev–Trinajstić information content (AvgIpc) is 2.95. The number of pyridine rings is 1. The molecule has 2 atom stereocenters. The van der Waals surface area contributed by atoms with E-state index in [1.54, 1.807) is 19.1 Å². The molecule has 0 aliphatic heterocycles. The van der Waals surface area contributed by atoms with Gasteiger partial charge in [-0.1, -0.05) is 41.5 Å². The molecule has 1 aliphatic carbocycles. The number of hydrogen-bond donors (Lipinski definition) is 0. The molecule has 1 aromatic heterocycles. The van der Waals surface area contributed by atoms with Crippen LogP contribution in [0.15, 0.2) is 30.3 Å². The summed E-state index contributed by atoms with van der Waals surface area (Å²) in [4.78, 5) is 17.8. The summed E-state index contributed by atoms with van der Waals surface area (Å²) in [5.41, 5.74) is 2.11. The molecular formula is C27H36FNO3. The second kappa shape index (κ2) is 9.21. The van der Waals surface area contributed by atoms with Gasteiger partial charge in [0.2, 0.25) is 0 Å². The highest BCUT2D eigenvalue weighted by Gasteiger charge is 2.52. The maximum atomic E-state index is 14.4. The maximum Gasteiger partial charge on any atom is 0.340 e. The van der Waals surface area contributed by atoms with Gasteiger partial charge in [0, 0.05) is 17.0 Å². The van der Waals surface area contributed by atoms with E-state index in [1.807, 2.05) is 19.9 Å². The Bertz CT molecular complexity index is 985. The van der Waals surface area contributed by atoms with Gasteiger partial charge in [-0.3, -0.25) is 4.98 Å². The minimum atomic E-state index is -0.375. The summed E-state index contributed by atoms with van der Waals surface area (Å²) in [6, 6.07) is 8.21. The van der Waals surface area contributed by atoms with E-state index in [-0.39, 0.29) is 22.6 Å². The number of rotatable bonds is 7. The predicted molar refractivity (Wildman–Crippen MR) is 125 cm³/mol. The van der Waals surface area contributed by atoms with E-state index in [9.17, 15) is 9.18 Å². The predicted octanol–water partition coefficient (Wildman–Crippen LogP) is 6.81. The van der Waals surface area contributed by atoms with Gasteiger partial charge in [0.15, 0.2) is 0 Å². The molecule has 2 aromatic rings. The van der Waals surface area contributed by atoms with E-state index in [4.69, 9.17) is 14.5 Å². The molecule has 0 N–H and O–H groups in total. The van der Waals surface area contributed by atoms with Crippen LogP contribution >= 0.6 is 0 Å². The van der Waals surface area contributed by atoms with Crippen LogP contribution in [-0.4, -0.2) is 24.2 Å². The number of aromatic nitrogens is 1. The first-order chi connectivity index (χ1) is 15.0. The van der Waals surface area contributed by atoms with Gasteiger partial charge in [-0.15, -0.1) is 0 Å². The zero-order valence-corrected chi connectivity index (χ0v) is 20.4. The molecule has 174 valence electrons. The van der Waals surface area contributed by atoms with Crippen molar-refractivity contribution in [3.63, 3.8) is 0 Å². The number of hydrogen-bond acceptors (Lipinski definition) is 4. The van der Waals surface area contributed by atoms with Crippen LogP contribution in [0.4, 0.5) is 4.39 Å². The molecule has 0 spiro atoms. The van der Waals surface area contributed by atoms with Crippen molar-refractivity contribution >= 4 is 5.97 Å². The zero-order chi connectivity index (χ0) is 23.7. The molecule has 0 amide bonds. The first kappa shape index (κ1) is 24.2. The summed E-state index contributed by atoms with van der Waals surface area (Å²) >= 11 is 0. The van der Waals surface area contributed by atoms with Crippen molar-refractivity contribution in [1.29, 1.82) is 0 Å². The summed E-state index contributed by atoms with van der Waals surface area (Å²) in [6.07, 6.45) is 1.99.